The lowest BCUT2D eigenvalue weighted by Gasteiger charge is -2.19. The van der Waals surface area contributed by atoms with E-state index in [0.29, 0.717) is 0 Å². The van der Waals surface area contributed by atoms with Crippen molar-refractivity contribution in [2.24, 2.45) is 0 Å². The van der Waals surface area contributed by atoms with E-state index in [4.69, 9.17) is 11.6 Å². The molecule has 150 valence electrons. The van der Waals surface area contributed by atoms with E-state index in [2.05, 4.69) is 31.3 Å². The van der Waals surface area contributed by atoms with Crippen LogP contribution in [0.2, 0.25) is 5.02 Å². The number of benzene rings is 2. The molecular weight excluding hydrogens is 458 g/mol. The van der Waals surface area contributed by atoms with Gasteiger partial charge < -0.3 is 15.4 Å². The average molecular weight is 476 g/mol. The van der Waals surface area contributed by atoms with Crippen LogP contribution in [0.1, 0.15) is 30.5 Å². The van der Waals surface area contributed by atoms with Gasteiger partial charge in [0.05, 0.1) is 22.6 Å². The Kier molecular flexibility index (Phi) is 7.77. The quantitative estimate of drug-likeness (QED) is 0.577. The molecule has 0 heterocycles. The molecule has 2 aromatic rings. The van der Waals surface area contributed by atoms with Crippen LogP contribution in [0.25, 0.3) is 0 Å². The van der Waals surface area contributed by atoms with E-state index in [0.717, 1.165) is 11.1 Å². The first-order chi connectivity index (χ1) is 13.2. The molecule has 0 saturated carbocycles. The van der Waals surface area contributed by atoms with Gasteiger partial charge in [0.2, 0.25) is 11.8 Å². The van der Waals surface area contributed by atoms with Gasteiger partial charge in [-0.2, -0.15) is 8.78 Å². The van der Waals surface area contributed by atoms with Crippen molar-refractivity contribution < 1.29 is 23.1 Å². The van der Waals surface area contributed by atoms with Crippen LogP contribution in [0, 0.1) is 6.92 Å². The van der Waals surface area contributed by atoms with E-state index >= 15 is 0 Å². The predicted octanol–water partition coefficient (Wildman–Crippen LogP) is 5.22. The molecule has 0 aromatic heterocycles. The zero-order valence-electron chi connectivity index (χ0n) is 15.1. The smallest absolute Gasteiger partial charge is 0.387 e. The summed E-state index contributed by atoms with van der Waals surface area (Å²) in [6, 6.07) is 9.45. The molecule has 9 heteroatoms. The fraction of sp³-hybridized carbons (Fsp3) is 0.263. The molecular formula is C19H18BrClF2N2O3. The summed E-state index contributed by atoms with van der Waals surface area (Å²) in [6.07, 6.45) is -0.110. The van der Waals surface area contributed by atoms with Gasteiger partial charge >= 0.3 is 6.61 Å². The number of carbonyl (C=O) groups excluding carboxylic acids is 2. The number of alkyl halides is 2. The highest BCUT2D eigenvalue weighted by atomic mass is 79.9. The average Bonchev–Trinajstić information content (AvgIpc) is 2.57. The van der Waals surface area contributed by atoms with Crippen LogP contribution in [-0.2, 0) is 9.59 Å². The van der Waals surface area contributed by atoms with Crippen LogP contribution in [0.5, 0.6) is 5.75 Å². The fourth-order valence-electron chi connectivity index (χ4n) is 2.55. The van der Waals surface area contributed by atoms with Crippen LogP contribution in [0.3, 0.4) is 0 Å². The summed E-state index contributed by atoms with van der Waals surface area (Å²) in [5, 5.41) is 5.46. The number of ether oxygens (including phenoxy) is 1. The second-order valence-electron chi connectivity index (χ2n) is 6.06. The molecule has 0 fully saturated rings. The Labute approximate surface area is 174 Å². The Bertz CT molecular complexity index is 863. The number of hydrogen-bond acceptors (Lipinski definition) is 3. The molecule has 0 aliphatic heterocycles. The van der Waals surface area contributed by atoms with E-state index < -0.39 is 18.6 Å². The van der Waals surface area contributed by atoms with E-state index in [1.54, 1.807) is 0 Å². The van der Waals surface area contributed by atoms with Crippen molar-refractivity contribution in [1.82, 2.24) is 5.32 Å². The van der Waals surface area contributed by atoms with Gasteiger partial charge in [0.25, 0.3) is 0 Å². The number of aryl methyl sites for hydroxylation is 1. The summed E-state index contributed by atoms with van der Waals surface area (Å²) in [5.41, 5.74) is 1.77. The first kappa shape index (κ1) is 22.1. The summed E-state index contributed by atoms with van der Waals surface area (Å²) in [6.45, 7) is 0.195. The second-order valence-corrected chi connectivity index (χ2v) is 7.35. The van der Waals surface area contributed by atoms with Crippen molar-refractivity contribution in [2.75, 3.05) is 5.32 Å². The van der Waals surface area contributed by atoms with Crippen molar-refractivity contribution in [3.05, 3.63) is 57.0 Å². The first-order valence-electron chi connectivity index (χ1n) is 8.23. The van der Waals surface area contributed by atoms with Crippen molar-refractivity contribution >= 4 is 45.0 Å². The monoisotopic (exact) mass is 474 g/mol. The number of rotatable bonds is 7. The standard InChI is InChI=1S/C19H18BrClF2N2O3/c1-10-3-5-12(6-4-10)15(24-11(2)26)9-17(27)25-16-8-13(21)7-14(20)18(16)28-19(22)23/h3-8,15,19H,9H2,1-2H3,(H,24,26)(H,25,27)/t15-/m1/s1. The highest BCUT2D eigenvalue weighted by molar-refractivity contribution is 9.10. The molecule has 2 N–H and O–H groups in total. The summed E-state index contributed by atoms with van der Waals surface area (Å²) in [7, 11) is 0. The molecule has 0 spiro atoms. The highest BCUT2D eigenvalue weighted by Crippen LogP contribution is 2.37. The lowest BCUT2D eigenvalue weighted by atomic mass is 10.0. The maximum atomic E-state index is 12.7. The Morgan fingerprint density at radius 3 is 2.43 bits per heavy atom. The van der Waals surface area contributed by atoms with Gasteiger partial charge in [0, 0.05) is 11.9 Å². The summed E-state index contributed by atoms with van der Waals surface area (Å²) in [4.78, 5) is 24.1. The van der Waals surface area contributed by atoms with Crippen molar-refractivity contribution in [2.45, 2.75) is 32.9 Å². The van der Waals surface area contributed by atoms with E-state index in [9.17, 15) is 18.4 Å². The lowest BCUT2D eigenvalue weighted by Crippen LogP contribution is -2.29. The molecule has 0 unspecified atom stereocenters. The number of nitrogens with one attached hydrogen (secondary N) is 2. The molecule has 1 atom stereocenters. The highest BCUT2D eigenvalue weighted by Gasteiger charge is 2.20. The predicted molar refractivity (Wildman–Crippen MR) is 107 cm³/mol. The van der Waals surface area contributed by atoms with Gasteiger partial charge in [-0.3, -0.25) is 9.59 Å². The minimum Gasteiger partial charge on any atom is -0.431 e. The molecule has 28 heavy (non-hydrogen) atoms. The van der Waals surface area contributed by atoms with Gasteiger partial charge in [0.1, 0.15) is 0 Å². The third-order valence-corrected chi connectivity index (χ3v) is 4.54. The topological polar surface area (TPSA) is 67.4 Å². The SMILES string of the molecule is CC(=O)N[C@H](CC(=O)Nc1cc(Cl)cc(Br)c1OC(F)F)c1ccc(C)cc1. The van der Waals surface area contributed by atoms with Gasteiger partial charge in [-0.05, 0) is 40.5 Å². The number of amides is 2. The molecule has 0 saturated heterocycles. The molecule has 2 rings (SSSR count). The molecule has 0 aliphatic rings. The Morgan fingerprint density at radius 2 is 1.86 bits per heavy atom. The third kappa shape index (κ3) is 6.45. The molecule has 2 amide bonds. The first-order valence-corrected chi connectivity index (χ1v) is 9.40. The van der Waals surface area contributed by atoms with Gasteiger partial charge in [-0.15, -0.1) is 0 Å². The third-order valence-electron chi connectivity index (χ3n) is 3.74. The summed E-state index contributed by atoms with van der Waals surface area (Å²) < 4.78 is 30.0. The maximum absolute atomic E-state index is 12.7. The zero-order valence-corrected chi connectivity index (χ0v) is 17.4. The Hall–Kier alpha value is -2.19. The van der Waals surface area contributed by atoms with E-state index in [1.165, 1.54) is 19.1 Å². The van der Waals surface area contributed by atoms with Gasteiger partial charge in [-0.25, -0.2) is 0 Å². The molecule has 0 bridgehead atoms. The van der Waals surface area contributed by atoms with Crippen molar-refractivity contribution in [3.63, 3.8) is 0 Å². The number of halogens is 4. The maximum Gasteiger partial charge on any atom is 0.387 e. The lowest BCUT2D eigenvalue weighted by molar-refractivity contribution is -0.120. The molecule has 5 nitrogen and oxygen atoms in total. The van der Waals surface area contributed by atoms with Crippen molar-refractivity contribution in [3.8, 4) is 5.75 Å². The van der Waals surface area contributed by atoms with Crippen LogP contribution >= 0.6 is 27.5 Å². The zero-order chi connectivity index (χ0) is 20.8. The number of hydrogen-bond donors (Lipinski definition) is 2. The van der Waals surface area contributed by atoms with Crippen LogP contribution in [0.4, 0.5) is 14.5 Å². The summed E-state index contributed by atoms with van der Waals surface area (Å²) in [5.74, 6) is -1.04. The molecule has 0 radical (unpaired) electrons. The molecule has 2 aromatic carbocycles. The Morgan fingerprint density at radius 1 is 1.21 bits per heavy atom. The van der Waals surface area contributed by atoms with Crippen molar-refractivity contribution in [1.29, 1.82) is 0 Å². The minimum absolute atomic E-state index is 0.00449. The van der Waals surface area contributed by atoms with Gasteiger partial charge in [0.15, 0.2) is 5.75 Å². The van der Waals surface area contributed by atoms with Crippen LogP contribution in [-0.4, -0.2) is 18.4 Å². The Balaban J connectivity index is 2.23. The van der Waals surface area contributed by atoms with E-state index in [1.807, 2.05) is 31.2 Å². The fourth-order valence-corrected chi connectivity index (χ4v) is 3.45. The number of anilines is 1. The largest absolute Gasteiger partial charge is 0.431 e. The number of carbonyl (C=O) groups is 2. The van der Waals surface area contributed by atoms with Crippen LogP contribution < -0.4 is 15.4 Å². The van der Waals surface area contributed by atoms with Gasteiger partial charge in [-0.1, -0.05) is 41.4 Å². The molecule has 0 aliphatic carbocycles. The minimum atomic E-state index is -3.08. The van der Waals surface area contributed by atoms with Crippen LogP contribution in [0.15, 0.2) is 40.9 Å². The summed E-state index contributed by atoms with van der Waals surface area (Å²) >= 11 is 9.04. The normalized spacial score (nSPS) is 11.8. The second kappa shape index (κ2) is 9.84. The van der Waals surface area contributed by atoms with E-state index in [-0.39, 0.29) is 33.3 Å².